The third kappa shape index (κ3) is 23.0. The molecule has 324 valence electrons. The number of rotatable bonds is 30. The average molecular weight is 814 g/mol. The van der Waals surface area contributed by atoms with Crippen LogP contribution in [0.25, 0.3) is 0 Å². The van der Waals surface area contributed by atoms with E-state index in [-0.39, 0.29) is 76.4 Å². The van der Waals surface area contributed by atoms with Gasteiger partial charge in [0.1, 0.15) is 30.2 Å². The smallest absolute Gasteiger partial charge is 0.326 e. The van der Waals surface area contributed by atoms with Crippen molar-refractivity contribution in [1.29, 1.82) is 0 Å². The topological polar surface area (TPSA) is 450 Å². The van der Waals surface area contributed by atoms with Gasteiger partial charge in [0.05, 0.1) is 6.04 Å². The number of amides is 7. The predicted octanol–water partition coefficient (Wildman–Crippen LogP) is -5.75. The van der Waals surface area contributed by atoms with Crippen LogP contribution < -0.4 is 72.5 Å². The summed E-state index contributed by atoms with van der Waals surface area (Å²) in [5.41, 5.74) is 43.5. The van der Waals surface area contributed by atoms with Gasteiger partial charge in [-0.2, -0.15) is 0 Å². The number of nitrogens with two attached hydrogens (primary N) is 8. The molecular formula is C33H63N15O9. The largest absolute Gasteiger partial charge is 0.480 e. The SMILES string of the molecule is CC(C)[C@H](NC(=O)[C@H](CCC(N)=O)NC(=O)[C@H](CCCN=C(N)N)NC(=O)[C@@H](N)CCCCN)C(=O)N[C@@H](CCC(N)=O)C(=O)N[C@@H](CCCN=C(N)N)C(=O)O. The van der Waals surface area contributed by atoms with Crippen molar-refractivity contribution in [3.05, 3.63) is 0 Å². The van der Waals surface area contributed by atoms with Crippen molar-refractivity contribution in [2.75, 3.05) is 19.6 Å². The number of unbranched alkanes of at least 4 members (excludes halogenated alkanes) is 1. The van der Waals surface area contributed by atoms with Crippen molar-refractivity contribution in [1.82, 2.24) is 26.6 Å². The van der Waals surface area contributed by atoms with Gasteiger partial charge in [-0.25, -0.2) is 4.79 Å². The first-order valence-electron chi connectivity index (χ1n) is 18.6. The molecule has 0 rings (SSSR count). The van der Waals surface area contributed by atoms with Gasteiger partial charge in [0.2, 0.25) is 41.4 Å². The zero-order chi connectivity index (χ0) is 43.7. The van der Waals surface area contributed by atoms with Crippen molar-refractivity contribution < 1.29 is 43.5 Å². The Kier molecular flexibility index (Phi) is 24.9. The number of nitrogens with one attached hydrogen (secondary N) is 5. The molecule has 0 heterocycles. The molecule has 24 nitrogen and oxygen atoms in total. The predicted molar refractivity (Wildman–Crippen MR) is 210 cm³/mol. The molecule has 0 spiro atoms. The van der Waals surface area contributed by atoms with E-state index in [1.165, 1.54) is 0 Å². The number of carboxylic acids is 1. The van der Waals surface area contributed by atoms with E-state index in [0.717, 1.165) is 0 Å². The molecule has 0 aromatic heterocycles. The second kappa shape index (κ2) is 27.7. The molecule has 0 aromatic carbocycles. The van der Waals surface area contributed by atoms with Crippen LogP contribution in [0.5, 0.6) is 0 Å². The van der Waals surface area contributed by atoms with E-state index >= 15 is 0 Å². The Balaban J connectivity index is 6.25. The fourth-order valence-corrected chi connectivity index (χ4v) is 5.16. The second-order valence-corrected chi connectivity index (χ2v) is 13.6. The Labute approximate surface area is 331 Å². The van der Waals surface area contributed by atoms with Gasteiger partial charge < -0.3 is 77.6 Å². The number of aliphatic carboxylic acids is 1. The third-order valence-electron chi connectivity index (χ3n) is 8.32. The fraction of sp³-hybridized carbons (Fsp3) is 0.697. The number of carbonyl (C=O) groups excluding carboxylic acids is 7. The van der Waals surface area contributed by atoms with Crippen LogP contribution in [-0.2, 0) is 38.4 Å². The number of aliphatic imine (C=N–C) groups is 2. The van der Waals surface area contributed by atoms with Gasteiger partial charge in [0.25, 0.3) is 0 Å². The Morgan fingerprint density at radius 2 is 0.930 bits per heavy atom. The zero-order valence-corrected chi connectivity index (χ0v) is 32.7. The molecule has 7 amide bonds. The lowest BCUT2D eigenvalue weighted by atomic mass is 10.0. The number of primary amides is 2. The van der Waals surface area contributed by atoms with E-state index < -0.39 is 89.5 Å². The highest BCUT2D eigenvalue weighted by Gasteiger charge is 2.34. The Morgan fingerprint density at radius 3 is 1.35 bits per heavy atom. The molecule has 57 heavy (non-hydrogen) atoms. The van der Waals surface area contributed by atoms with E-state index in [2.05, 4.69) is 36.6 Å². The summed E-state index contributed by atoms with van der Waals surface area (Å²) in [6.07, 6.45) is 0.445. The Hall–Kier alpha value is -5.78. The highest BCUT2D eigenvalue weighted by molar-refractivity contribution is 5.96. The van der Waals surface area contributed by atoms with Crippen molar-refractivity contribution in [3.63, 3.8) is 0 Å². The molecule has 0 fully saturated rings. The third-order valence-corrected chi connectivity index (χ3v) is 8.32. The van der Waals surface area contributed by atoms with E-state index in [4.69, 9.17) is 45.9 Å². The summed E-state index contributed by atoms with van der Waals surface area (Å²) in [6, 6.07) is -7.92. The van der Waals surface area contributed by atoms with Gasteiger partial charge in [0, 0.05) is 25.9 Å². The normalized spacial score (nSPS) is 14.0. The summed E-state index contributed by atoms with van der Waals surface area (Å²) in [5.74, 6) is -8.28. The number of hydrogen-bond acceptors (Lipinski definition) is 12. The van der Waals surface area contributed by atoms with Gasteiger partial charge in [-0.3, -0.25) is 43.5 Å². The average Bonchev–Trinajstić information content (AvgIpc) is 3.11. The molecule has 22 N–H and O–H groups in total. The minimum Gasteiger partial charge on any atom is -0.480 e. The summed E-state index contributed by atoms with van der Waals surface area (Å²) in [4.78, 5) is 110. The van der Waals surface area contributed by atoms with Crippen molar-refractivity contribution in [2.24, 2.45) is 61.8 Å². The molecule has 0 aliphatic carbocycles. The van der Waals surface area contributed by atoms with Gasteiger partial charge >= 0.3 is 5.97 Å². The van der Waals surface area contributed by atoms with E-state index in [1.807, 2.05) is 0 Å². The Bertz CT molecular complexity index is 1420. The Morgan fingerprint density at radius 1 is 0.526 bits per heavy atom. The molecule has 0 unspecified atom stereocenters. The van der Waals surface area contributed by atoms with Crippen LogP contribution in [-0.4, -0.2) is 120 Å². The lowest BCUT2D eigenvalue weighted by Gasteiger charge is -2.28. The summed E-state index contributed by atoms with van der Waals surface area (Å²) >= 11 is 0. The molecule has 0 aliphatic rings. The van der Waals surface area contributed by atoms with Gasteiger partial charge in [-0.1, -0.05) is 20.3 Å². The lowest BCUT2D eigenvalue weighted by Crippen LogP contribution is -2.60. The summed E-state index contributed by atoms with van der Waals surface area (Å²) < 4.78 is 0. The highest BCUT2D eigenvalue weighted by Crippen LogP contribution is 2.10. The minimum atomic E-state index is -1.47. The maximum atomic E-state index is 13.7. The van der Waals surface area contributed by atoms with E-state index in [9.17, 15) is 43.5 Å². The molecule has 0 saturated carbocycles. The molecule has 0 saturated heterocycles. The summed E-state index contributed by atoms with van der Waals surface area (Å²) in [6.45, 7) is 3.72. The molecule has 0 aliphatic heterocycles. The number of carboxylic acid groups (broad SMARTS) is 1. The standard InChI is InChI=1S/C33H63N15O9/c1-17(2)25(30(55)46-20(10-12-23(36)49)28(53)47-22(31(56)57)9-6-16-43-33(40)41)48-29(54)21(11-13-24(37)50)45-27(52)19(8-5-15-42-32(38)39)44-26(51)18(35)7-3-4-14-34/h17-22,25H,3-16,34-35H2,1-2H3,(H2,36,49)(H2,37,50)(H,44,51)(H,45,52)(H,46,55)(H,47,53)(H,48,54)(H,56,57)(H4,38,39,42)(H4,40,41,43)/t18-,19-,20-,21-,22-,25-/m0/s1. The summed E-state index contributed by atoms with van der Waals surface area (Å²) in [7, 11) is 0. The zero-order valence-electron chi connectivity index (χ0n) is 32.7. The first-order chi connectivity index (χ1) is 26.7. The van der Waals surface area contributed by atoms with E-state index in [0.29, 0.717) is 25.8 Å². The maximum absolute atomic E-state index is 13.7. The van der Waals surface area contributed by atoms with Crippen LogP contribution in [0.15, 0.2) is 9.98 Å². The van der Waals surface area contributed by atoms with Crippen molar-refractivity contribution >= 4 is 59.2 Å². The second-order valence-electron chi connectivity index (χ2n) is 13.6. The maximum Gasteiger partial charge on any atom is 0.326 e. The van der Waals surface area contributed by atoms with Crippen LogP contribution in [0.4, 0.5) is 0 Å². The number of carbonyl (C=O) groups is 8. The molecule has 0 radical (unpaired) electrons. The minimum absolute atomic E-state index is 0.0127. The number of nitrogens with zero attached hydrogens (tertiary/aromatic N) is 2. The first kappa shape index (κ1) is 51.2. The van der Waals surface area contributed by atoms with Crippen LogP contribution >= 0.6 is 0 Å². The summed E-state index contributed by atoms with van der Waals surface area (Å²) in [5, 5.41) is 22.0. The van der Waals surface area contributed by atoms with Crippen LogP contribution in [0.3, 0.4) is 0 Å². The van der Waals surface area contributed by atoms with Crippen LogP contribution in [0.1, 0.15) is 84.5 Å². The quantitative estimate of drug-likeness (QED) is 0.0183. The highest BCUT2D eigenvalue weighted by atomic mass is 16.4. The van der Waals surface area contributed by atoms with Crippen LogP contribution in [0, 0.1) is 5.92 Å². The van der Waals surface area contributed by atoms with E-state index in [1.54, 1.807) is 13.8 Å². The van der Waals surface area contributed by atoms with Crippen LogP contribution in [0.2, 0.25) is 0 Å². The molecular weight excluding hydrogens is 750 g/mol. The van der Waals surface area contributed by atoms with Gasteiger partial charge in [-0.15, -0.1) is 0 Å². The van der Waals surface area contributed by atoms with Gasteiger partial charge in [0.15, 0.2) is 11.9 Å². The van der Waals surface area contributed by atoms with Gasteiger partial charge in [-0.05, 0) is 63.8 Å². The molecule has 6 atom stereocenters. The molecule has 0 bridgehead atoms. The number of guanidine groups is 2. The van der Waals surface area contributed by atoms with Crippen molar-refractivity contribution in [3.8, 4) is 0 Å². The van der Waals surface area contributed by atoms with Crippen molar-refractivity contribution in [2.45, 2.75) is 121 Å². The lowest BCUT2D eigenvalue weighted by molar-refractivity contribution is -0.142. The molecule has 24 heteroatoms. The fourth-order valence-electron chi connectivity index (χ4n) is 5.16. The number of hydrogen-bond donors (Lipinski definition) is 14. The monoisotopic (exact) mass is 813 g/mol. The molecule has 0 aromatic rings. The first-order valence-corrected chi connectivity index (χ1v) is 18.6.